The van der Waals surface area contributed by atoms with E-state index in [0.29, 0.717) is 6.42 Å². The lowest BCUT2D eigenvalue weighted by molar-refractivity contribution is -0.162. The number of carboxylic acids is 1. The predicted octanol–water partition coefficient (Wildman–Crippen LogP) is 1.40. The molecule has 0 saturated carbocycles. The summed E-state index contributed by atoms with van der Waals surface area (Å²) >= 11 is 0. The van der Waals surface area contributed by atoms with Gasteiger partial charge in [-0.05, 0) is 33.1 Å². The third-order valence-corrected chi connectivity index (χ3v) is 2.15. The summed E-state index contributed by atoms with van der Waals surface area (Å²) in [6, 6.07) is -1.12. The fourth-order valence-corrected chi connectivity index (χ4v) is 1.44. The molecule has 100 valence electrons. The number of nitrogens with two attached hydrogens (primary N) is 1. The monoisotopic (exact) mass is 245 g/mol. The molecule has 17 heavy (non-hydrogen) atoms. The molecule has 0 saturated heterocycles. The molecule has 0 bridgehead atoms. The zero-order valence-electron chi connectivity index (χ0n) is 11.2. The highest BCUT2D eigenvalue weighted by Crippen LogP contribution is 2.18. The van der Waals surface area contributed by atoms with E-state index in [0.717, 1.165) is 0 Å². The Hall–Kier alpha value is -1.10. The first kappa shape index (κ1) is 15.9. The summed E-state index contributed by atoms with van der Waals surface area (Å²) in [7, 11) is 0. The van der Waals surface area contributed by atoms with E-state index >= 15 is 0 Å². The Morgan fingerprint density at radius 3 is 2.06 bits per heavy atom. The van der Waals surface area contributed by atoms with Crippen molar-refractivity contribution in [2.75, 3.05) is 0 Å². The van der Waals surface area contributed by atoms with Gasteiger partial charge in [-0.1, -0.05) is 13.8 Å². The summed E-state index contributed by atoms with van der Waals surface area (Å²) in [5.74, 6) is -2.46. The molecule has 0 amide bonds. The van der Waals surface area contributed by atoms with Gasteiger partial charge < -0.3 is 15.6 Å². The van der Waals surface area contributed by atoms with E-state index in [4.69, 9.17) is 15.6 Å². The molecule has 0 heterocycles. The predicted molar refractivity (Wildman–Crippen MR) is 64.4 cm³/mol. The molecule has 0 aromatic rings. The first-order valence-corrected chi connectivity index (χ1v) is 5.76. The van der Waals surface area contributed by atoms with E-state index in [1.54, 1.807) is 20.8 Å². The average molecular weight is 245 g/mol. The van der Waals surface area contributed by atoms with Crippen molar-refractivity contribution < 1.29 is 19.4 Å². The van der Waals surface area contributed by atoms with Gasteiger partial charge in [0.05, 0.1) is 5.92 Å². The van der Waals surface area contributed by atoms with Crippen LogP contribution in [0.5, 0.6) is 0 Å². The molecule has 0 aliphatic heterocycles. The summed E-state index contributed by atoms with van der Waals surface area (Å²) in [6.07, 6.45) is 0.357. The van der Waals surface area contributed by atoms with Gasteiger partial charge in [0.1, 0.15) is 11.6 Å². The van der Waals surface area contributed by atoms with E-state index in [2.05, 4.69) is 0 Å². The van der Waals surface area contributed by atoms with Gasteiger partial charge in [0.15, 0.2) is 0 Å². The largest absolute Gasteiger partial charge is 0.481 e. The molecule has 5 heteroatoms. The molecular weight excluding hydrogens is 222 g/mol. The van der Waals surface area contributed by atoms with Crippen LogP contribution in [0.3, 0.4) is 0 Å². The van der Waals surface area contributed by atoms with Crippen LogP contribution in [0.1, 0.15) is 41.0 Å². The molecule has 0 fully saturated rings. The van der Waals surface area contributed by atoms with Gasteiger partial charge >= 0.3 is 11.9 Å². The van der Waals surface area contributed by atoms with Gasteiger partial charge in [-0.25, -0.2) is 0 Å². The van der Waals surface area contributed by atoms with Crippen LogP contribution in [-0.4, -0.2) is 28.7 Å². The van der Waals surface area contributed by atoms with Crippen molar-refractivity contribution in [3.05, 3.63) is 0 Å². The number of rotatable bonds is 5. The minimum Gasteiger partial charge on any atom is -0.481 e. The van der Waals surface area contributed by atoms with Crippen LogP contribution in [0.15, 0.2) is 0 Å². The van der Waals surface area contributed by atoms with E-state index in [9.17, 15) is 9.59 Å². The first-order valence-electron chi connectivity index (χ1n) is 5.76. The van der Waals surface area contributed by atoms with Crippen molar-refractivity contribution in [3.63, 3.8) is 0 Å². The second-order valence-corrected chi connectivity index (χ2v) is 5.63. The number of aliphatic carboxylic acids is 1. The highest BCUT2D eigenvalue weighted by molar-refractivity contribution is 5.83. The fraction of sp³-hybridized carbons (Fsp3) is 0.833. The van der Waals surface area contributed by atoms with E-state index < -0.39 is 29.5 Å². The number of carboxylic acid groups (broad SMARTS) is 1. The Bertz CT molecular complexity index is 281. The minimum absolute atomic E-state index is 0.157. The van der Waals surface area contributed by atoms with Crippen molar-refractivity contribution in [1.82, 2.24) is 0 Å². The Balaban J connectivity index is 4.67. The summed E-state index contributed by atoms with van der Waals surface area (Å²) in [5.41, 5.74) is 5.01. The van der Waals surface area contributed by atoms with Crippen LogP contribution >= 0.6 is 0 Å². The maximum atomic E-state index is 11.7. The van der Waals surface area contributed by atoms with Crippen LogP contribution in [0, 0.1) is 11.8 Å². The Morgan fingerprint density at radius 1 is 1.29 bits per heavy atom. The molecule has 0 spiro atoms. The van der Waals surface area contributed by atoms with Gasteiger partial charge in [-0.15, -0.1) is 0 Å². The van der Waals surface area contributed by atoms with Crippen molar-refractivity contribution in [2.24, 2.45) is 17.6 Å². The minimum atomic E-state index is -1.12. The number of esters is 1. The van der Waals surface area contributed by atoms with Crippen molar-refractivity contribution >= 4 is 11.9 Å². The van der Waals surface area contributed by atoms with Crippen molar-refractivity contribution in [2.45, 2.75) is 52.7 Å². The second kappa shape index (κ2) is 6.00. The third kappa shape index (κ3) is 6.26. The molecule has 0 aliphatic carbocycles. The van der Waals surface area contributed by atoms with Gasteiger partial charge in [-0.3, -0.25) is 9.59 Å². The highest BCUT2D eigenvalue weighted by Gasteiger charge is 2.34. The first-order chi connectivity index (χ1) is 7.54. The summed E-state index contributed by atoms with van der Waals surface area (Å²) < 4.78 is 5.08. The molecule has 2 atom stereocenters. The smallest absolute Gasteiger partial charge is 0.324 e. The lowest BCUT2D eigenvalue weighted by atomic mass is 9.91. The zero-order valence-corrected chi connectivity index (χ0v) is 11.2. The second-order valence-electron chi connectivity index (χ2n) is 5.63. The summed E-state index contributed by atoms with van der Waals surface area (Å²) in [4.78, 5) is 22.7. The fourth-order valence-electron chi connectivity index (χ4n) is 1.44. The maximum Gasteiger partial charge on any atom is 0.324 e. The Labute approximate surface area is 102 Å². The molecule has 0 radical (unpaired) electrons. The molecule has 0 aromatic heterocycles. The van der Waals surface area contributed by atoms with Gasteiger partial charge in [0.25, 0.3) is 0 Å². The van der Waals surface area contributed by atoms with Gasteiger partial charge in [0, 0.05) is 0 Å². The number of ether oxygens (including phenoxy) is 1. The number of carbonyl (C=O) groups excluding carboxylic acids is 1. The van der Waals surface area contributed by atoms with Gasteiger partial charge in [-0.2, -0.15) is 0 Å². The standard InChI is InChI=1S/C12H23NO4/c1-7(2)6-8(10(14)15)9(13)11(16)17-12(3,4)5/h7-9H,6,13H2,1-5H3,(H,14,15)/t8-,9?/m1/s1. The van der Waals surface area contributed by atoms with Crippen LogP contribution in [0.25, 0.3) is 0 Å². The number of hydrogen-bond donors (Lipinski definition) is 2. The van der Waals surface area contributed by atoms with Crippen LogP contribution in [0.2, 0.25) is 0 Å². The lowest BCUT2D eigenvalue weighted by Crippen LogP contribution is -2.45. The highest BCUT2D eigenvalue weighted by atomic mass is 16.6. The number of hydrogen-bond acceptors (Lipinski definition) is 4. The molecule has 3 N–H and O–H groups in total. The maximum absolute atomic E-state index is 11.7. The van der Waals surface area contributed by atoms with Crippen molar-refractivity contribution in [1.29, 1.82) is 0 Å². The quantitative estimate of drug-likeness (QED) is 0.715. The third-order valence-electron chi connectivity index (χ3n) is 2.15. The molecular formula is C12H23NO4. The summed E-state index contributed by atoms with van der Waals surface area (Å²) in [6.45, 7) is 8.93. The molecule has 0 rings (SSSR count). The van der Waals surface area contributed by atoms with Crippen molar-refractivity contribution in [3.8, 4) is 0 Å². The van der Waals surface area contributed by atoms with E-state index in [-0.39, 0.29) is 5.92 Å². The number of carbonyl (C=O) groups is 2. The van der Waals surface area contributed by atoms with E-state index in [1.807, 2.05) is 13.8 Å². The summed E-state index contributed by atoms with van der Waals surface area (Å²) in [5, 5.41) is 9.05. The average Bonchev–Trinajstić information content (AvgIpc) is 2.09. The normalized spacial score (nSPS) is 15.5. The molecule has 0 aliphatic rings. The Kier molecular flexibility index (Phi) is 5.61. The van der Waals surface area contributed by atoms with Crippen LogP contribution in [-0.2, 0) is 14.3 Å². The lowest BCUT2D eigenvalue weighted by Gasteiger charge is -2.25. The van der Waals surface area contributed by atoms with Crippen LogP contribution in [0.4, 0.5) is 0 Å². The van der Waals surface area contributed by atoms with E-state index in [1.165, 1.54) is 0 Å². The molecule has 0 aromatic carbocycles. The Morgan fingerprint density at radius 2 is 1.76 bits per heavy atom. The zero-order chi connectivity index (χ0) is 13.8. The van der Waals surface area contributed by atoms with Crippen LogP contribution < -0.4 is 5.73 Å². The topological polar surface area (TPSA) is 89.6 Å². The SMILES string of the molecule is CC(C)C[C@@H](C(=O)O)C(N)C(=O)OC(C)(C)C. The van der Waals surface area contributed by atoms with Gasteiger partial charge in [0.2, 0.25) is 0 Å². The molecule has 1 unspecified atom stereocenters. The molecule has 5 nitrogen and oxygen atoms in total.